The van der Waals surface area contributed by atoms with Crippen LogP contribution in [0.15, 0.2) is 36.4 Å². The van der Waals surface area contributed by atoms with Gasteiger partial charge in [0.15, 0.2) is 5.78 Å². The second kappa shape index (κ2) is 5.20. The number of anilines is 1. The molecule has 0 bridgehead atoms. The van der Waals surface area contributed by atoms with Crippen molar-refractivity contribution >= 4 is 11.5 Å². The maximum atomic E-state index is 13.5. The molecule has 6 heteroatoms. The number of alkyl halides is 3. The highest BCUT2D eigenvalue weighted by molar-refractivity contribution is 6.09. The molecule has 2 N–H and O–H groups in total. The van der Waals surface area contributed by atoms with Gasteiger partial charge in [0.25, 0.3) is 0 Å². The molecule has 0 unspecified atom stereocenters. The Morgan fingerprint density at radius 3 is 2.14 bits per heavy atom. The van der Waals surface area contributed by atoms with Crippen molar-refractivity contribution in [3.8, 4) is 0 Å². The van der Waals surface area contributed by atoms with Gasteiger partial charge < -0.3 is 5.73 Å². The third kappa shape index (κ3) is 3.04. The van der Waals surface area contributed by atoms with E-state index in [0.717, 1.165) is 11.6 Å². The molecule has 0 saturated carbocycles. The second-order valence-corrected chi connectivity index (χ2v) is 4.59. The second-order valence-electron chi connectivity index (χ2n) is 4.59. The number of halogens is 4. The Labute approximate surface area is 118 Å². The molecule has 21 heavy (non-hydrogen) atoms. The first-order valence-electron chi connectivity index (χ1n) is 5.97. The van der Waals surface area contributed by atoms with Crippen molar-refractivity contribution in [1.82, 2.24) is 0 Å². The summed E-state index contributed by atoms with van der Waals surface area (Å²) in [6, 6.07) is 6.60. The monoisotopic (exact) mass is 297 g/mol. The van der Waals surface area contributed by atoms with Gasteiger partial charge >= 0.3 is 6.18 Å². The van der Waals surface area contributed by atoms with Crippen molar-refractivity contribution in [3.63, 3.8) is 0 Å². The normalized spacial score (nSPS) is 11.5. The van der Waals surface area contributed by atoms with E-state index in [1.807, 2.05) is 0 Å². The number of ketones is 1. The Bertz CT molecular complexity index is 707. The Balaban J connectivity index is 2.40. The van der Waals surface area contributed by atoms with Gasteiger partial charge in [-0.2, -0.15) is 13.2 Å². The van der Waals surface area contributed by atoms with Crippen molar-refractivity contribution in [2.75, 3.05) is 5.73 Å². The average molecular weight is 297 g/mol. The van der Waals surface area contributed by atoms with Gasteiger partial charge in [-0.25, -0.2) is 4.39 Å². The van der Waals surface area contributed by atoms with Crippen LogP contribution in [0.4, 0.5) is 23.2 Å². The number of rotatable bonds is 2. The van der Waals surface area contributed by atoms with Crippen LogP contribution in [-0.4, -0.2) is 5.78 Å². The topological polar surface area (TPSA) is 43.1 Å². The first-order valence-corrected chi connectivity index (χ1v) is 5.97. The molecular weight excluding hydrogens is 286 g/mol. The summed E-state index contributed by atoms with van der Waals surface area (Å²) < 4.78 is 50.8. The summed E-state index contributed by atoms with van der Waals surface area (Å²) in [6.07, 6.45) is -4.79. The lowest BCUT2D eigenvalue weighted by molar-refractivity contribution is -0.140. The molecule has 0 aliphatic heterocycles. The van der Waals surface area contributed by atoms with Crippen molar-refractivity contribution in [2.24, 2.45) is 0 Å². The average Bonchev–Trinajstić information content (AvgIpc) is 2.39. The van der Waals surface area contributed by atoms with Crippen LogP contribution in [0.3, 0.4) is 0 Å². The molecule has 0 saturated heterocycles. The molecule has 0 fully saturated rings. The standard InChI is InChI=1S/C15H11F4NO/c1-8-2-3-10(7-13(8)20)14(21)9-4-5-11(12(16)6-9)15(17,18)19/h2-7H,20H2,1H3. The molecule has 2 nitrogen and oxygen atoms in total. The smallest absolute Gasteiger partial charge is 0.398 e. The van der Waals surface area contributed by atoms with E-state index in [4.69, 9.17) is 5.73 Å². The number of nitrogens with two attached hydrogens (primary N) is 1. The highest BCUT2D eigenvalue weighted by atomic mass is 19.4. The predicted molar refractivity (Wildman–Crippen MR) is 70.4 cm³/mol. The summed E-state index contributed by atoms with van der Waals surface area (Å²) in [4.78, 5) is 12.1. The predicted octanol–water partition coefficient (Wildman–Crippen LogP) is 3.97. The zero-order chi connectivity index (χ0) is 15.8. The van der Waals surface area contributed by atoms with Crippen LogP contribution in [0, 0.1) is 12.7 Å². The highest BCUT2D eigenvalue weighted by Gasteiger charge is 2.34. The van der Waals surface area contributed by atoms with E-state index in [-0.39, 0.29) is 11.1 Å². The van der Waals surface area contributed by atoms with Crippen molar-refractivity contribution < 1.29 is 22.4 Å². The number of nitrogen functional groups attached to an aromatic ring is 1. The van der Waals surface area contributed by atoms with Crippen molar-refractivity contribution in [3.05, 3.63) is 64.5 Å². The van der Waals surface area contributed by atoms with E-state index in [1.54, 1.807) is 13.0 Å². The minimum absolute atomic E-state index is 0.163. The van der Waals surface area contributed by atoms with E-state index in [1.165, 1.54) is 12.1 Å². The molecular formula is C15H11F4NO. The Morgan fingerprint density at radius 2 is 1.62 bits per heavy atom. The number of aryl methyl sites for hydroxylation is 1. The maximum Gasteiger partial charge on any atom is 0.419 e. The first kappa shape index (κ1) is 15.0. The lowest BCUT2D eigenvalue weighted by Crippen LogP contribution is -2.10. The molecule has 0 spiro atoms. The summed E-state index contributed by atoms with van der Waals surface area (Å²) in [5.74, 6) is -2.07. The van der Waals surface area contributed by atoms with Crippen LogP contribution in [0.25, 0.3) is 0 Å². The molecule has 2 aromatic carbocycles. The van der Waals surface area contributed by atoms with Gasteiger partial charge in [-0.3, -0.25) is 4.79 Å². The summed E-state index contributed by atoms with van der Waals surface area (Å²) >= 11 is 0. The lowest BCUT2D eigenvalue weighted by Gasteiger charge is -2.09. The molecule has 2 rings (SSSR count). The third-order valence-corrected chi connectivity index (χ3v) is 3.08. The fourth-order valence-electron chi connectivity index (χ4n) is 1.83. The van der Waals surface area contributed by atoms with Crippen LogP contribution in [0.1, 0.15) is 27.0 Å². The number of hydrogen-bond donors (Lipinski definition) is 1. The van der Waals surface area contributed by atoms with Crippen molar-refractivity contribution in [1.29, 1.82) is 0 Å². The first-order chi connectivity index (χ1) is 9.70. The van der Waals surface area contributed by atoms with Crippen LogP contribution < -0.4 is 5.73 Å². The van der Waals surface area contributed by atoms with Gasteiger partial charge in [0.1, 0.15) is 5.82 Å². The number of carbonyl (C=O) groups is 1. The summed E-state index contributed by atoms with van der Waals surface area (Å²) in [7, 11) is 0. The van der Waals surface area contributed by atoms with E-state index in [2.05, 4.69) is 0 Å². The van der Waals surface area contributed by atoms with E-state index < -0.39 is 23.3 Å². The van der Waals surface area contributed by atoms with Gasteiger partial charge in [-0.15, -0.1) is 0 Å². The summed E-state index contributed by atoms with van der Waals surface area (Å²) in [6.45, 7) is 1.75. The summed E-state index contributed by atoms with van der Waals surface area (Å²) in [5, 5.41) is 0. The molecule has 0 aliphatic carbocycles. The molecule has 0 radical (unpaired) electrons. The zero-order valence-corrected chi connectivity index (χ0v) is 11.0. The quantitative estimate of drug-likeness (QED) is 0.518. The van der Waals surface area contributed by atoms with Crippen LogP contribution >= 0.6 is 0 Å². The van der Waals surface area contributed by atoms with E-state index in [0.29, 0.717) is 17.8 Å². The van der Waals surface area contributed by atoms with Crippen LogP contribution in [0.2, 0.25) is 0 Å². The Kier molecular flexibility index (Phi) is 3.72. The van der Waals surface area contributed by atoms with E-state index >= 15 is 0 Å². The third-order valence-electron chi connectivity index (χ3n) is 3.08. The molecule has 0 amide bonds. The fourth-order valence-corrected chi connectivity index (χ4v) is 1.83. The number of benzene rings is 2. The number of hydrogen-bond acceptors (Lipinski definition) is 2. The molecule has 0 aromatic heterocycles. The SMILES string of the molecule is Cc1ccc(C(=O)c2ccc(C(F)(F)F)c(F)c2)cc1N. The number of carbonyl (C=O) groups excluding carboxylic acids is 1. The Hall–Kier alpha value is -2.37. The lowest BCUT2D eigenvalue weighted by atomic mass is 10.00. The van der Waals surface area contributed by atoms with Crippen molar-refractivity contribution in [2.45, 2.75) is 13.1 Å². The van der Waals surface area contributed by atoms with Crippen LogP contribution in [-0.2, 0) is 6.18 Å². The molecule has 0 atom stereocenters. The van der Waals surface area contributed by atoms with Crippen LogP contribution in [0.5, 0.6) is 0 Å². The molecule has 2 aromatic rings. The minimum Gasteiger partial charge on any atom is -0.398 e. The molecule has 0 heterocycles. The fraction of sp³-hybridized carbons (Fsp3) is 0.133. The molecule has 0 aliphatic rings. The molecule has 110 valence electrons. The summed E-state index contributed by atoms with van der Waals surface area (Å²) in [5.41, 5.74) is 5.45. The van der Waals surface area contributed by atoms with Gasteiger partial charge in [0, 0.05) is 16.8 Å². The maximum absolute atomic E-state index is 13.5. The van der Waals surface area contributed by atoms with Gasteiger partial charge in [0.05, 0.1) is 5.56 Å². The van der Waals surface area contributed by atoms with E-state index in [9.17, 15) is 22.4 Å². The Morgan fingerprint density at radius 1 is 1.05 bits per heavy atom. The van der Waals surface area contributed by atoms with Gasteiger partial charge in [-0.1, -0.05) is 18.2 Å². The largest absolute Gasteiger partial charge is 0.419 e. The zero-order valence-electron chi connectivity index (χ0n) is 11.0. The van der Waals surface area contributed by atoms with Gasteiger partial charge in [0.2, 0.25) is 0 Å². The minimum atomic E-state index is -4.79. The highest BCUT2D eigenvalue weighted by Crippen LogP contribution is 2.32. The van der Waals surface area contributed by atoms with Gasteiger partial charge in [-0.05, 0) is 30.7 Å².